The van der Waals surface area contributed by atoms with Crippen LogP contribution in [-0.2, 0) is 14.3 Å². The number of ether oxygens (including phenoxy) is 2. The van der Waals surface area contributed by atoms with Crippen LogP contribution >= 0.6 is 0 Å². The summed E-state index contributed by atoms with van der Waals surface area (Å²) in [6.45, 7) is 7.61. The van der Waals surface area contributed by atoms with Crippen LogP contribution in [0.4, 0.5) is 0 Å². The van der Waals surface area contributed by atoms with Crippen molar-refractivity contribution in [2.75, 3.05) is 0 Å². The normalized spacial score (nSPS) is 25.4. The Bertz CT molecular complexity index is 210. The molecule has 0 bridgehead atoms. The van der Waals surface area contributed by atoms with Crippen molar-refractivity contribution in [3.63, 3.8) is 0 Å². The van der Waals surface area contributed by atoms with Crippen LogP contribution in [0.3, 0.4) is 0 Å². The fraction of sp³-hybridized carbons (Fsp3) is 0.700. The van der Waals surface area contributed by atoms with Gasteiger partial charge in [0, 0.05) is 5.57 Å². The van der Waals surface area contributed by atoms with E-state index in [1.807, 2.05) is 6.92 Å². The van der Waals surface area contributed by atoms with Gasteiger partial charge in [-0.15, -0.1) is 0 Å². The Kier molecular flexibility index (Phi) is 3.48. The number of carbonyl (C=O) groups is 1. The highest BCUT2D eigenvalue weighted by atomic mass is 16.8. The van der Waals surface area contributed by atoms with Gasteiger partial charge < -0.3 is 9.47 Å². The SMILES string of the molecule is C=C(CCCC)C(=O)OC1OC1C. The first-order chi connectivity index (χ1) is 6.15. The lowest BCUT2D eigenvalue weighted by Crippen LogP contribution is -2.10. The molecule has 0 aromatic heterocycles. The summed E-state index contributed by atoms with van der Waals surface area (Å²) in [7, 11) is 0. The van der Waals surface area contributed by atoms with Gasteiger partial charge in [0.05, 0.1) is 0 Å². The molecule has 0 N–H and O–H groups in total. The van der Waals surface area contributed by atoms with Crippen LogP contribution in [0.2, 0.25) is 0 Å². The van der Waals surface area contributed by atoms with E-state index in [0.29, 0.717) is 5.57 Å². The summed E-state index contributed by atoms with van der Waals surface area (Å²) in [5.41, 5.74) is 0.546. The first-order valence-corrected chi connectivity index (χ1v) is 4.69. The third kappa shape index (κ3) is 3.19. The molecule has 2 atom stereocenters. The van der Waals surface area contributed by atoms with Crippen LogP contribution in [0, 0.1) is 0 Å². The van der Waals surface area contributed by atoms with E-state index in [9.17, 15) is 4.79 Å². The second kappa shape index (κ2) is 4.42. The van der Waals surface area contributed by atoms with Crippen molar-refractivity contribution in [1.29, 1.82) is 0 Å². The van der Waals surface area contributed by atoms with Crippen molar-refractivity contribution in [2.24, 2.45) is 0 Å². The number of carbonyl (C=O) groups excluding carboxylic acids is 1. The Labute approximate surface area is 78.7 Å². The zero-order valence-electron chi connectivity index (χ0n) is 8.21. The maximum atomic E-state index is 11.2. The Morgan fingerprint density at radius 3 is 2.69 bits per heavy atom. The van der Waals surface area contributed by atoms with Gasteiger partial charge in [-0.1, -0.05) is 19.9 Å². The highest BCUT2D eigenvalue weighted by Gasteiger charge is 2.38. The first-order valence-electron chi connectivity index (χ1n) is 4.69. The molecule has 0 saturated carbocycles. The van der Waals surface area contributed by atoms with E-state index < -0.39 is 0 Å². The second-order valence-corrected chi connectivity index (χ2v) is 3.32. The molecule has 0 aliphatic carbocycles. The van der Waals surface area contributed by atoms with E-state index in [1.54, 1.807) is 0 Å². The molecular weight excluding hydrogens is 168 g/mol. The fourth-order valence-electron chi connectivity index (χ4n) is 0.971. The highest BCUT2D eigenvalue weighted by molar-refractivity contribution is 5.87. The van der Waals surface area contributed by atoms with Crippen LogP contribution in [0.1, 0.15) is 33.1 Å². The van der Waals surface area contributed by atoms with Gasteiger partial charge in [-0.05, 0) is 19.8 Å². The standard InChI is InChI=1S/C10H16O3/c1-4-5-6-7(2)9(11)13-10-8(3)12-10/h8,10H,2,4-6H2,1,3H3. The van der Waals surface area contributed by atoms with Crippen molar-refractivity contribution in [3.05, 3.63) is 12.2 Å². The zero-order chi connectivity index (χ0) is 9.84. The van der Waals surface area contributed by atoms with E-state index in [4.69, 9.17) is 9.47 Å². The largest absolute Gasteiger partial charge is 0.429 e. The van der Waals surface area contributed by atoms with Gasteiger partial charge in [0.1, 0.15) is 6.10 Å². The maximum Gasteiger partial charge on any atom is 0.335 e. The van der Waals surface area contributed by atoms with Gasteiger partial charge in [-0.25, -0.2) is 4.79 Å². The molecule has 2 unspecified atom stereocenters. The summed E-state index contributed by atoms with van der Waals surface area (Å²) in [6, 6.07) is 0. The molecule has 3 nitrogen and oxygen atoms in total. The number of hydrogen-bond donors (Lipinski definition) is 0. The molecule has 0 aromatic carbocycles. The lowest BCUT2D eigenvalue weighted by atomic mass is 10.1. The van der Waals surface area contributed by atoms with Crippen LogP contribution in [0.15, 0.2) is 12.2 Å². The predicted octanol–water partition coefficient (Wildman–Crippen LogP) is 2.02. The maximum absolute atomic E-state index is 11.2. The molecule has 1 rings (SSSR count). The molecule has 1 aliphatic heterocycles. The molecule has 1 fully saturated rings. The number of rotatable bonds is 5. The van der Waals surface area contributed by atoms with Gasteiger partial charge in [0.15, 0.2) is 0 Å². The Balaban J connectivity index is 2.18. The zero-order valence-corrected chi connectivity index (χ0v) is 8.21. The topological polar surface area (TPSA) is 38.8 Å². The van der Waals surface area contributed by atoms with Crippen LogP contribution in [0.5, 0.6) is 0 Å². The third-order valence-corrected chi connectivity index (χ3v) is 2.00. The summed E-state index contributed by atoms with van der Waals surface area (Å²) in [5.74, 6) is -0.317. The smallest absolute Gasteiger partial charge is 0.335 e. The first kappa shape index (κ1) is 10.3. The molecule has 1 heterocycles. The van der Waals surface area contributed by atoms with Crippen molar-refractivity contribution < 1.29 is 14.3 Å². The number of hydrogen-bond acceptors (Lipinski definition) is 3. The molecule has 3 heteroatoms. The van der Waals surface area contributed by atoms with Crippen LogP contribution in [-0.4, -0.2) is 18.4 Å². The Hall–Kier alpha value is -0.830. The predicted molar refractivity (Wildman–Crippen MR) is 49.1 cm³/mol. The summed E-state index contributed by atoms with van der Waals surface area (Å²) >= 11 is 0. The highest BCUT2D eigenvalue weighted by Crippen LogP contribution is 2.23. The molecule has 13 heavy (non-hydrogen) atoms. The van der Waals surface area contributed by atoms with Gasteiger partial charge in [0.25, 0.3) is 0 Å². The van der Waals surface area contributed by atoms with Gasteiger partial charge >= 0.3 is 5.97 Å². The molecule has 0 spiro atoms. The Morgan fingerprint density at radius 2 is 2.23 bits per heavy atom. The average Bonchev–Trinajstić information content (AvgIpc) is 2.77. The van der Waals surface area contributed by atoms with E-state index in [1.165, 1.54) is 0 Å². The molecule has 74 valence electrons. The molecule has 1 aliphatic rings. The number of unbranched alkanes of at least 4 members (excludes halogenated alkanes) is 1. The minimum atomic E-state index is -0.328. The summed E-state index contributed by atoms with van der Waals surface area (Å²) < 4.78 is 9.93. The van der Waals surface area contributed by atoms with E-state index in [2.05, 4.69) is 13.5 Å². The molecule has 0 amide bonds. The van der Waals surface area contributed by atoms with Crippen molar-refractivity contribution in [1.82, 2.24) is 0 Å². The summed E-state index contributed by atoms with van der Waals surface area (Å²) in [6.07, 6.45) is 2.49. The Morgan fingerprint density at radius 1 is 1.62 bits per heavy atom. The van der Waals surface area contributed by atoms with Gasteiger partial charge in [0.2, 0.25) is 6.29 Å². The van der Waals surface area contributed by atoms with Gasteiger partial charge in [-0.2, -0.15) is 0 Å². The van der Waals surface area contributed by atoms with Crippen molar-refractivity contribution >= 4 is 5.97 Å². The minimum Gasteiger partial charge on any atom is -0.429 e. The molecule has 0 aromatic rings. The van der Waals surface area contributed by atoms with Crippen molar-refractivity contribution in [2.45, 2.75) is 45.5 Å². The lowest BCUT2D eigenvalue weighted by molar-refractivity contribution is -0.143. The molecule has 0 radical (unpaired) electrons. The minimum absolute atomic E-state index is 0.0583. The molecule has 1 saturated heterocycles. The van der Waals surface area contributed by atoms with Gasteiger partial charge in [-0.3, -0.25) is 0 Å². The molecular formula is C10H16O3. The summed E-state index contributed by atoms with van der Waals surface area (Å²) in [5, 5.41) is 0. The number of esters is 1. The van der Waals surface area contributed by atoms with E-state index >= 15 is 0 Å². The van der Waals surface area contributed by atoms with Crippen LogP contribution < -0.4 is 0 Å². The monoisotopic (exact) mass is 184 g/mol. The van der Waals surface area contributed by atoms with Crippen LogP contribution in [0.25, 0.3) is 0 Å². The lowest BCUT2D eigenvalue weighted by Gasteiger charge is -2.03. The summed E-state index contributed by atoms with van der Waals surface area (Å²) in [4.78, 5) is 11.2. The fourth-order valence-corrected chi connectivity index (χ4v) is 0.971. The van der Waals surface area contributed by atoms with E-state index in [0.717, 1.165) is 19.3 Å². The average molecular weight is 184 g/mol. The number of epoxide rings is 1. The van der Waals surface area contributed by atoms with E-state index in [-0.39, 0.29) is 18.4 Å². The third-order valence-electron chi connectivity index (χ3n) is 2.00. The second-order valence-electron chi connectivity index (χ2n) is 3.32. The quantitative estimate of drug-likeness (QED) is 0.373. The van der Waals surface area contributed by atoms with Crippen molar-refractivity contribution in [3.8, 4) is 0 Å².